The zero-order valence-corrected chi connectivity index (χ0v) is 13.7. The molecule has 10 heteroatoms. The van der Waals surface area contributed by atoms with E-state index in [0.29, 0.717) is 15.6 Å². The molecule has 0 unspecified atom stereocenters. The topological polar surface area (TPSA) is 61.0 Å². The van der Waals surface area contributed by atoms with Crippen molar-refractivity contribution in [3.8, 4) is 28.8 Å². The highest BCUT2D eigenvalue weighted by molar-refractivity contribution is 6.36. The summed E-state index contributed by atoms with van der Waals surface area (Å²) in [5.74, 6) is -0.231. The largest absolute Gasteiger partial charge is 0.467 e. The number of rotatable bonds is 4. The molecule has 0 aliphatic carbocycles. The summed E-state index contributed by atoms with van der Waals surface area (Å²) in [5.41, 5.74) is 0.571. The van der Waals surface area contributed by atoms with Crippen molar-refractivity contribution in [1.29, 1.82) is 0 Å². The van der Waals surface area contributed by atoms with Crippen LogP contribution < -0.4 is 4.74 Å². The van der Waals surface area contributed by atoms with E-state index in [2.05, 4.69) is 15.2 Å². The van der Waals surface area contributed by atoms with Gasteiger partial charge in [-0.3, -0.25) is 0 Å². The minimum atomic E-state index is -4.49. The van der Waals surface area contributed by atoms with Crippen LogP contribution in [0.1, 0.15) is 0 Å². The molecule has 0 radical (unpaired) electrons. The van der Waals surface area contributed by atoms with Gasteiger partial charge in [-0.15, -0.1) is 10.2 Å². The first-order chi connectivity index (χ1) is 11.8. The van der Waals surface area contributed by atoms with Gasteiger partial charge < -0.3 is 9.15 Å². The normalized spacial score (nSPS) is 11.6. The zero-order chi connectivity index (χ0) is 18.0. The molecule has 0 saturated carbocycles. The average molecular weight is 390 g/mol. The number of nitrogens with zero attached hydrogens (tertiary/aromatic N) is 3. The first-order valence-corrected chi connectivity index (χ1v) is 7.53. The fourth-order valence-electron chi connectivity index (χ4n) is 1.92. The second kappa shape index (κ2) is 6.89. The smallest absolute Gasteiger partial charge is 0.422 e. The Morgan fingerprint density at radius 1 is 1.04 bits per heavy atom. The summed E-state index contributed by atoms with van der Waals surface area (Å²) in [6.45, 7) is -1.49. The minimum Gasteiger partial charge on any atom is -0.467 e. The van der Waals surface area contributed by atoms with E-state index >= 15 is 0 Å². The zero-order valence-electron chi connectivity index (χ0n) is 12.2. The lowest BCUT2D eigenvalue weighted by molar-refractivity contribution is -0.154. The van der Waals surface area contributed by atoms with Crippen molar-refractivity contribution in [3.05, 3.63) is 46.6 Å². The van der Waals surface area contributed by atoms with Crippen LogP contribution >= 0.6 is 23.2 Å². The maximum Gasteiger partial charge on any atom is 0.422 e. The summed E-state index contributed by atoms with van der Waals surface area (Å²) in [6.07, 6.45) is -3.20. The van der Waals surface area contributed by atoms with Crippen LogP contribution in [0.25, 0.3) is 22.9 Å². The Hall–Kier alpha value is -2.32. The fourth-order valence-corrected chi connectivity index (χ4v) is 2.41. The van der Waals surface area contributed by atoms with E-state index < -0.39 is 12.8 Å². The van der Waals surface area contributed by atoms with Crippen molar-refractivity contribution in [1.82, 2.24) is 15.2 Å². The Labute approximate surface area is 149 Å². The van der Waals surface area contributed by atoms with E-state index in [0.717, 1.165) is 0 Å². The number of aromatic nitrogens is 3. The van der Waals surface area contributed by atoms with Crippen molar-refractivity contribution in [2.24, 2.45) is 0 Å². The van der Waals surface area contributed by atoms with Gasteiger partial charge >= 0.3 is 6.18 Å². The maximum absolute atomic E-state index is 12.3. The highest BCUT2D eigenvalue weighted by Gasteiger charge is 2.29. The lowest BCUT2D eigenvalue weighted by atomic mass is 10.2. The number of alkyl halides is 3. The van der Waals surface area contributed by atoms with Crippen molar-refractivity contribution in [2.45, 2.75) is 6.18 Å². The third-order valence-corrected chi connectivity index (χ3v) is 3.51. The summed E-state index contributed by atoms with van der Waals surface area (Å²) in [7, 11) is 0. The molecule has 0 atom stereocenters. The Bertz CT molecular complexity index is 900. The molecular weight excluding hydrogens is 382 g/mol. The maximum atomic E-state index is 12.3. The van der Waals surface area contributed by atoms with E-state index in [-0.39, 0.29) is 23.2 Å². The molecular formula is C15H8Cl2F3N3O2. The van der Waals surface area contributed by atoms with Crippen LogP contribution in [0.3, 0.4) is 0 Å². The van der Waals surface area contributed by atoms with Gasteiger partial charge in [-0.2, -0.15) is 13.2 Å². The van der Waals surface area contributed by atoms with Gasteiger partial charge in [-0.25, -0.2) is 4.98 Å². The molecule has 2 heterocycles. The van der Waals surface area contributed by atoms with Crippen LogP contribution in [0.15, 0.2) is 40.9 Å². The number of hydrogen-bond donors (Lipinski definition) is 0. The van der Waals surface area contributed by atoms with Crippen molar-refractivity contribution < 1.29 is 22.3 Å². The van der Waals surface area contributed by atoms with Crippen molar-refractivity contribution >= 4 is 23.2 Å². The van der Waals surface area contributed by atoms with Crippen LogP contribution in [0.2, 0.25) is 10.0 Å². The number of hydrogen-bond acceptors (Lipinski definition) is 5. The van der Waals surface area contributed by atoms with Crippen molar-refractivity contribution in [2.75, 3.05) is 6.61 Å². The number of halogens is 5. The van der Waals surface area contributed by atoms with Gasteiger partial charge in [-0.05, 0) is 30.3 Å². The van der Waals surface area contributed by atoms with Crippen LogP contribution in [0.5, 0.6) is 5.88 Å². The van der Waals surface area contributed by atoms with E-state index in [9.17, 15) is 13.2 Å². The lowest BCUT2D eigenvalue weighted by Gasteiger charge is -2.09. The number of benzene rings is 1. The predicted molar refractivity (Wildman–Crippen MR) is 84.5 cm³/mol. The Kier molecular flexibility index (Phi) is 4.82. The van der Waals surface area contributed by atoms with Gasteiger partial charge in [-0.1, -0.05) is 23.2 Å². The monoisotopic (exact) mass is 389 g/mol. The summed E-state index contributed by atoms with van der Waals surface area (Å²) in [6, 6.07) is 7.65. The van der Waals surface area contributed by atoms with Gasteiger partial charge in [0.25, 0.3) is 5.89 Å². The molecule has 25 heavy (non-hydrogen) atoms. The van der Waals surface area contributed by atoms with E-state index in [1.807, 2.05) is 0 Å². The summed E-state index contributed by atoms with van der Waals surface area (Å²) in [5, 5.41) is 8.40. The minimum absolute atomic E-state index is 0.0497. The number of pyridine rings is 1. The first-order valence-electron chi connectivity index (χ1n) is 6.77. The van der Waals surface area contributed by atoms with Crippen LogP contribution in [-0.4, -0.2) is 28.0 Å². The Morgan fingerprint density at radius 2 is 1.76 bits per heavy atom. The summed E-state index contributed by atoms with van der Waals surface area (Å²) in [4.78, 5) is 3.78. The van der Waals surface area contributed by atoms with Crippen LogP contribution in [0.4, 0.5) is 13.2 Å². The Morgan fingerprint density at radius 3 is 2.44 bits per heavy atom. The third kappa shape index (κ3) is 4.21. The molecule has 3 rings (SSSR count). The van der Waals surface area contributed by atoms with Gasteiger partial charge in [0.05, 0.1) is 10.6 Å². The second-order valence-corrected chi connectivity index (χ2v) is 5.64. The van der Waals surface area contributed by atoms with Gasteiger partial charge in [0.15, 0.2) is 6.61 Å². The molecule has 5 nitrogen and oxygen atoms in total. The average Bonchev–Trinajstić information content (AvgIpc) is 3.02. The molecule has 0 saturated heterocycles. The quantitative estimate of drug-likeness (QED) is 0.624. The van der Waals surface area contributed by atoms with E-state index in [1.54, 1.807) is 12.1 Å². The molecule has 0 fully saturated rings. The molecule has 1 aromatic carbocycles. The van der Waals surface area contributed by atoms with Gasteiger partial charge in [0, 0.05) is 11.2 Å². The van der Waals surface area contributed by atoms with Crippen LogP contribution in [-0.2, 0) is 0 Å². The Balaban J connectivity index is 1.92. The third-order valence-electron chi connectivity index (χ3n) is 2.96. The lowest BCUT2D eigenvalue weighted by Crippen LogP contribution is -2.19. The molecule has 130 valence electrons. The summed E-state index contributed by atoms with van der Waals surface area (Å²) < 4.78 is 47.2. The predicted octanol–water partition coefficient (Wildman–Crippen LogP) is 5.05. The molecule has 3 aromatic rings. The first kappa shape index (κ1) is 17.5. The highest BCUT2D eigenvalue weighted by Crippen LogP contribution is 2.33. The molecule has 2 aromatic heterocycles. The molecule has 0 amide bonds. The summed E-state index contributed by atoms with van der Waals surface area (Å²) >= 11 is 11.9. The molecule has 0 N–H and O–H groups in total. The van der Waals surface area contributed by atoms with Gasteiger partial charge in [0.1, 0.15) is 5.56 Å². The van der Waals surface area contributed by atoms with Gasteiger partial charge in [0.2, 0.25) is 11.8 Å². The highest BCUT2D eigenvalue weighted by atomic mass is 35.5. The number of ether oxygens (including phenoxy) is 1. The second-order valence-electron chi connectivity index (χ2n) is 4.80. The van der Waals surface area contributed by atoms with E-state index in [4.69, 9.17) is 32.4 Å². The fraction of sp³-hybridized carbons (Fsp3) is 0.133. The molecule has 0 bridgehead atoms. The SMILES string of the molecule is FC(F)(F)COc1ncccc1-c1nnc(-c2ccc(Cl)cc2Cl)o1. The van der Waals surface area contributed by atoms with E-state index in [1.165, 1.54) is 24.4 Å². The van der Waals surface area contributed by atoms with Crippen molar-refractivity contribution in [3.63, 3.8) is 0 Å². The molecule has 0 aliphatic heterocycles. The standard InChI is InChI=1S/C15H8Cl2F3N3O2/c16-8-3-4-9(11(17)6-8)13-22-23-14(25-13)10-2-1-5-21-12(10)24-7-15(18,19)20/h1-6H,7H2. The van der Waals surface area contributed by atoms with Crippen LogP contribution in [0, 0.1) is 0 Å². The molecule has 0 aliphatic rings. The molecule has 0 spiro atoms.